The standard InChI is InChI=1S/C12H24N2/c1-4-11-5-6-14(9-10(2)3)12(7-11)8-13/h11-12H,2,4-9,13H2,1,3H3. The van der Waals surface area contributed by atoms with Gasteiger partial charge in [-0.25, -0.2) is 0 Å². The largest absolute Gasteiger partial charge is 0.329 e. The maximum atomic E-state index is 5.81. The number of hydrogen-bond acceptors (Lipinski definition) is 2. The Morgan fingerprint density at radius 2 is 2.29 bits per heavy atom. The maximum Gasteiger partial charge on any atom is 0.0224 e. The molecule has 0 aromatic heterocycles. The highest BCUT2D eigenvalue weighted by Crippen LogP contribution is 2.25. The van der Waals surface area contributed by atoms with Crippen LogP contribution in [0.3, 0.4) is 0 Å². The molecule has 2 unspecified atom stereocenters. The summed E-state index contributed by atoms with van der Waals surface area (Å²) in [6.07, 6.45) is 3.91. The number of rotatable bonds is 4. The molecular formula is C12H24N2. The van der Waals surface area contributed by atoms with E-state index in [1.165, 1.54) is 31.4 Å². The van der Waals surface area contributed by atoms with Gasteiger partial charge < -0.3 is 5.73 Å². The monoisotopic (exact) mass is 196 g/mol. The minimum atomic E-state index is 0.588. The molecule has 2 N–H and O–H groups in total. The van der Waals surface area contributed by atoms with Crippen LogP contribution in [0.25, 0.3) is 0 Å². The van der Waals surface area contributed by atoms with Gasteiger partial charge in [0, 0.05) is 19.1 Å². The van der Waals surface area contributed by atoms with Crippen LogP contribution in [0.1, 0.15) is 33.1 Å². The summed E-state index contributed by atoms with van der Waals surface area (Å²) in [6, 6.07) is 0.588. The van der Waals surface area contributed by atoms with Crippen LogP contribution in [0.2, 0.25) is 0 Å². The van der Waals surface area contributed by atoms with Crippen molar-refractivity contribution in [3.05, 3.63) is 12.2 Å². The normalized spacial score (nSPS) is 29.1. The Balaban J connectivity index is 2.47. The second-order valence-electron chi connectivity index (χ2n) is 4.62. The lowest BCUT2D eigenvalue weighted by atomic mass is 9.88. The molecule has 1 aliphatic heterocycles. The molecule has 0 aliphatic carbocycles. The van der Waals surface area contributed by atoms with Crippen LogP contribution in [0, 0.1) is 5.92 Å². The number of nitrogens with zero attached hydrogens (tertiary/aromatic N) is 1. The summed E-state index contributed by atoms with van der Waals surface area (Å²) in [5.74, 6) is 0.893. The number of hydrogen-bond donors (Lipinski definition) is 1. The van der Waals surface area contributed by atoms with E-state index in [0.29, 0.717) is 6.04 Å². The van der Waals surface area contributed by atoms with Crippen LogP contribution in [0.4, 0.5) is 0 Å². The molecule has 0 aromatic rings. The molecule has 1 fully saturated rings. The molecule has 0 radical (unpaired) electrons. The lowest BCUT2D eigenvalue weighted by Gasteiger charge is -2.38. The van der Waals surface area contributed by atoms with Gasteiger partial charge in [-0.15, -0.1) is 0 Å². The van der Waals surface area contributed by atoms with Gasteiger partial charge >= 0.3 is 0 Å². The van der Waals surface area contributed by atoms with Crippen molar-refractivity contribution in [1.82, 2.24) is 4.90 Å². The molecular weight excluding hydrogens is 172 g/mol. The first-order valence-electron chi connectivity index (χ1n) is 5.75. The number of piperidine rings is 1. The molecule has 2 heteroatoms. The summed E-state index contributed by atoms with van der Waals surface area (Å²) in [5, 5.41) is 0. The molecule has 1 aliphatic rings. The zero-order chi connectivity index (χ0) is 10.6. The summed E-state index contributed by atoms with van der Waals surface area (Å²) in [5.41, 5.74) is 7.06. The Morgan fingerprint density at radius 3 is 2.79 bits per heavy atom. The number of nitrogens with two attached hydrogens (primary N) is 1. The van der Waals surface area contributed by atoms with Gasteiger partial charge in [-0.05, 0) is 32.2 Å². The third-order valence-corrected chi connectivity index (χ3v) is 3.27. The molecule has 2 nitrogen and oxygen atoms in total. The van der Waals surface area contributed by atoms with E-state index in [1.54, 1.807) is 0 Å². The highest BCUT2D eigenvalue weighted by molar-refractivity contribution is 4.95. The Kier molecular flexibility index (Phi) is 4.63. The lowest BCUT2D eigenvalue weighted by Crippen LogP contribution is -2.47. The molecule has 0 aromatic carbocycles. The van der Waals surface area contributed by atoms with Gasteiger partial charge in [-0.3, -0.25) is 4.90 Å². The first kappa shape index (κ1) is 11.7. The summed E-state index contributed by atoms with van der Waals surface area (Å²) in [4.78, 5) is 2.49. The molecule has 1 heterocycles. The van der Waals surface area contributed by atoms with Crippen LogP contribution in [0.15, 0.2) is 12.2 Å². The van der Waals surface area contributed by atoms with Gasteiger partial charge in [0.05, 0.1) is 0 Å². The fourth-order valence-electron chi connectivity index (χ4n) is 2.35. The summed E-state index contributed by atoms with van der Waals surface area (Å²) >= 11 is 0. The van der Waals surface area contributed by atoms with Gasteiger partial charge in [0.15, 0.2) is 0 Å². The lowest BCUT2D eigenvalue weighted by molar-refractivity contribution is 0.125. The van der Waals surface area contributed by atoms with E-state index in [-0.39, 0.29) is 0 Å². The van der Waals surface area contributed by atoms with Gasteiger partial charge in [0.25, 0.3) is 0 Å². The van der Waals surface area contributed by atoms with Crippen LogP contribution in [-0.2, 0) is 0 Å². The van der Waals surface area contributed by atoms with Crippen LogP contribution < -0.4 is 5.73 Å². The van der Waals surface area contributed by atoms with Gasteiger partial charge in [-0.2, -0.15) is 0 Å². The summed E-state index contributed by atoms with van der Waals surface area (Å²) in [6.45, 7) is 11.4. The second-order valence-corrected chi connectivity index (χ2v) is 4.62. The van der Waals surface area contributed by atoms with Gasteiger partial charge in [-0.1, -0.05) is 25.5 Å². The van der Waals surface area contributed by atoms with E-state index in [1.807, 2.05) is 0 Å². The SMILES string of the molecule is C=C(C)CN1CCC(CC)CC1CN. The van der Waals surface area contributed by atoms with Crippen LogP contribution >= 0.6 is 0 Å². The Hall–Kier alpha value is -0.340. The van der Waals surface area contributed by atoms with Crippen LogP contribution in [-0.4, -0.2) is 30.6 Å². The van der Waals surface area contributed by atoms with E-state index in [0.717, 1.165) is 19.0 Å². The predicted octanol–water partition coefficient (Wildman–Crippen LogP) is 2.01. The highest BCUT2D eigenvalue weighted by atomic mass is 15.2. The predicted molar refractivity (Wildman–Crippen MR) is 62.2 cm³/mol. The van der Waals surface area contributed by atoms with Crippen LogP contribution in [0.5, 0.6) is 0 Å². The number of likely N-dealkylation sites (tertiary alicyclic amines) is 1. The minimum absolute atomic E-state index is 0.588. The minimum Gasteiger partial charge on any atom is -0.329 e. The van der Waals surface area contributed by atoms with Crippen molar-refractivity contribution in [3.63, 3.8) is 0 Å². The Morgan fingerprint density at radius 1 is 1.57 bits per heavy atom. The van der Waals surface area contributed by atoms with Crippen molar-refractivity contribution in [3.8, 4) is 0 Å². The Bertz CT molecular complexity index is 189. The molecule has 0 spiro atoms. The van der Waals surface area contributed by atoms with E-state index in [2.05, 4.69) is 25.3 Å². The summed E-state index contributed by atoms with van der Waals surface area (Å²) < 4.78 is 0. The molecule has 2 atom stereocenters. The second kappa shape index (κ2) is 5.52. The zero-order valence-electron chi connectivity index (χ0n) is 9.63. The van der Waals surface area contributed by atoms with Gasteiger partial charge in [0.1, 0.15) is 0 Å². The van der Waals surface area contributed by atoms with E-state index in [9.17, 15) is 0 Å². The first-order valence-corrected chi connectivity index (χ1v) is 5.75. The van der Waals surface area contributed by atoms with E-state index < -0.39 is 0 Å². The molecule has 14 heavy (non-hydrogen) atoms. The summed E-state index contributed by atoms with van der Waals surface area (Å²) in [7, 11) is 0. The van der Waals surface area contributed by atoms with Gasteiger partial charge in [0.2, 0.25) is 0 Å². The van der Waals surface area contributed by atoms with Crippen molar-refractivity contribution in [2.75, 3.05) is 19.6 Å². The van der Waals surface area contributed by atoms with Crippen molar-refractivity contribution in [1.29, 1.82) is 0 Å². The molecule has 82 valence electrons. The zero-order valence-corrected chi connectivity index (χ0v) is 9.63. The van der Waals surface area contributed by atoms with E-state index in [4.69, 9.17) is 5.73 Å². The van der Waals surface area contributed by atoms with Crippen molar-refractivity contribution in [2.24, 2.45) is 11.7 Å². The smallest absolute Gasteiger partial charge is 0.0224 e. The third-order valence-electron chi connectivity index (χ3n) is 3.27. The molecule has 0 bridgehead atoms. The Labute approximate surface area is 88.2 Å². The fraction of sp³-hybridized carbons (Fsp3) is 0.833. The van der Waals surface area contributed by atoms with Crippen molar-refractivity contribution in [2.45, 2.75) is 39.2 Å². The molecule has 1 rings (SSSR count). The first-order chi connectivity index (χ1) is 6.67. The highest BCUT2D eigenvalue weighted by Gasteiger charge is 2.25. The average Bonchev–Trinajstić information content (AvgIpc) is 2.17. The molecule has 0 saturated carbocycles. The quantitative estimate of drug-likeness (QED) is 0.697. The topological polar surface area (TPSA) is 29.3 Å². The van der Waals surface area contributed by atoms with E-state index >= 15 is 0 Å². The molecule has 1 saturated heterocycles. The molecule has 0 amide bonds. The fourth-order valence-corrected chi connectivity index (χ4v) is 2.35. The van der Waals surface area contributed by atoms with Crippen molar-refractivity contribution < 1.29 is 0 Å². The maximum absolute atomic E-state index is 5.81. The third kappa shape index (κ3) is 3.10. The average molecular weight is 196 g/mol. The van der Waals surface area contributed by atoms with Crippen molar-refractivity contribution >= 4 is 0 Å².